The van der Waals surface area contributed by atoms with Crippen LogP contribution in [0.5, 0.6) is 0 Å². The van der Waals surface area contributed by atoms with Crippen LogP contribution in [0.25, 0.3) is 10.8 Å². The molecule has 2 amide bonds. The molecular weight excluding hydrogens is 314 g/mol. The van der Waals surface area contributed by atoms with Crippen molar-refractivity contribution in [1.29, 1.82) is 0 Å². The molecule has 3 N–H and O–H groups in total. The van der Waals surface area contributed by atoms with E-state index in [1.54, 1.807) is 24.3 Å². The van der Waals surface area contributed by atoms with E-state index >= 15 is 0 Å². The van der Waals surface area contributed by atoms with Crippen molar-refractivity contribution in [3.05, 3.63) is 72.3 Å². The normalized spacial score (nSPS) is 10.4. The Morgan fingerprint density at radius 3 is 2.32 bits per heavy atom. The van der Waals surface area contributed by atoms with Crippen LogP contribution >= 0.6 is 0 Å². The number of nitrogens with one attached hydrogen (secondary N) is 1. The number of carbonyl (C=O) groups excluding carboxylic acids is 2. The lowest BCUT2D eigenvalue weighted by molar-refractivity contribution is -0.114. The minimum Gasteiger partial charge on any atom is -0.366 e. The van der Waals surface area contributed by atoms with Gasteiger partial charge in [0.05, 0.1) is 6.54 Å². The van der Waals surface area contributed by atoms with E-state index in [1.165, 1.54) is 5.39 Å². The van der Waals surface area contributed by atoms with E-state index in [0.29, 0.717) is 11.3 Å². The summed E-state index contributed by atoms with van der Waals surface area (Å²) >= 11 is 0. The van der Waals surface area contributed by atoms with Crippen LogP contribution in [0.4, 0.5) is 11.4 Å². The number of likely N-dealkylation sites (N-methyl/N-ethyl adjacent to an activating group) is 1. The molecule has 0 unspecified atom stereocenters. The summed E-state index contributed by atoms with van der Waals surface area (Å²) in [4.78, 5) is 25.2. The van der Waals surface area contributed by atoms with Crippen molar-refractivity contribution in [2.75, 3.05) is 23.8 Å². The molecule has 3 rings (SSSR count). The molecule has 0 aliphatic heterocycles. The highest BCUT2D eigenvalue weighted by Gasteiger charge is 2.09. The average molecular weight is 333 g/mol. The first-order chi connectivity index (χ1) is 12.0. The van der Waals surface area contributed by atoms with Gasteiger partial charge in [0.2, 0.25) is 11.8 Å². The summed E-state index contributed by atoms with van der Waals surface area (Å²) in [5, 5.41) is 5.11. The fourth-order valence-corrected chi connectivity index (χ4v) is 2.64. The number of fused-ring (bicyclic) bond motifs is 1. The number of nitrogens with two attached hydrogens (primary N) is 1. The third-order valence-electron chi connectivity index (χ3n) is 4.01. The Hall–Kier alpha value is -3.34. The van der Waals surface area contributed by atoms with Crippen molar-refractivity contribution in [3.8, 4) is 0 Å². The topological polar surface area (TPSA) is 75.4 Å². The van der Waals surface area contributed by atoms with Crippen LogP contribution < -0.4 is 16.0 Å². The van der Waals surface area contributed by atoms with Gasteiger partial charge in [-0.15, -0.1) is 0 Å². The van der Waals surface area contributed by atoms with Gasteiger partial charge in [-0.25, -0.2) is 0 Å². The lowest BCUT2D eigenvalue weighted by atomic mass is 10.1. The molecule has 0 aliphatic carbocycles. The van der Waals surface area contributed by atoms with Crippen LogP contribution in [0.3, 0.4) is 0 Å². The van der Waals surface area contributed by atoms with Crippen LogP contribution in [-0.4, -0.2) is 25.4 Å². The van der Waals surface area contributed by atoms with Crippen molar-refractivity contribution in [2.24, 2.45) is 5.73 Å². The molecule has 3 aromatic rings. The van der Waals surface area contributed by atoms with Gasteiger partial charge in [-0.2, -0.15) is 0 Å². The Morgan fingerprint density at radius 2 is 1.64 bits per heavy atom. The first-order valence-corrected chi connectivity index (χ1v) is 7.92. The fourth-order valence-electron chi connectivity index (χ4n) is 2.64. The summed E-state index contributed by atoms with van der Waals surface area (Å²) in [5.41, 5.74) is 7.21. The van der Waals surface area contributed by atoms with Gasteiger partial charge in [0.25, 0.3) is 0 Å². The number of amides is 2. The van der Waals surface area contributed by atoms with Crippen molar-refractivity contribution in [2.45, 2.75) is 0 Å². The highest BCUT2D eigenvalue weighted by molar-refractivity contribution is 5.96. The summed E-state index contributed by atoms with van der Waals surface area (Å²) in [7, 11) is 1.87. The second-order valence-electron chi connectivity index (χ2n) is 5.88. The van der Waals surface area contributed by atoms with Crippen molar-refractivity contribution in [3.63, 3.8) is 0 Å². The average Bonchev–Trinajstić information content (AvgIpc) is 2.61. The summed E-state index contributed by atoms with van der Waals surface area (Å²) in [5.74, 6) is -0.628. The van der Waals surface area contributed by atoms with Crippen LogP contribution in [-0.2, 0) is 4.79 Å². The Balaban J connectivity index is 1.65. The van der Waals surface area contributed by atoms with E-state index in [-0.39, 0.29) is 12.5 Å². The quantitative estimate of drug-likeness (QED) is 0.753. The largest absolute Gasteiger partial charge is 0.366 e. The molecule has 25 heavy (non-hydrogen) atoms. The Bertz CT molecular complexity index is 920. The second kappa shape index (κ2) is 7.05. The van der Waals surface area contributed by atoms with Crippen LogP contribution in [0.2, 0.25) is 0 Å². The number of nitrogens with zero attached hydrogens (tertiary/aromatic N) is 1. The van der Waals surface area contributed by atoms with Gasteiger partial charge in [-0.1, -0.05) is 30.3 Å². The minimum absolute atomic E-state index is 0.137. The molecule has 0 aromatic heterocycles. The molecule has 126 valence electrons. The number of anilines is 2. The van der Waals surface area contributed by atoms with E-state index in [4.69, 9.17) is 5.73 Å². The molecule has 5 nitrogen and oxygen atoms in total. The zero-order valence-electron chi connectivity index (χ0n) is 13.9. The van der Waals surface area contributed by atoms with Gasteiger partial charge >= 0.3 is 0 Å². The lowest BCUT2D eigenvalue weighted by Crippen LogP contribution is -2.30. The molecule has 3 aromatic carbocycles. The van der Waals surface area contributed by atoms with E-state index in [0.717, 1.165) is 11.1 Å². The third-order valence-corrected chi connectivity index (χ3v) is 4.01. The van der Waals surface area contributed by atoms with Crippen molar-refractivity contribution >= 4 is 34.0 Å². The van der Waals surface area contributed by atoms with Crippen LogP contribution in [0, 0.1) is 0 Å². The van der Waals surface area contributed by atoms with Gasteiger partial charge in [0, 0.05) is 24.0 Å². The molecule has 5 heteroatoms. The predicted octanol–water partition coefficient (Wildman–Crippen LogP) is 3.01. The zero-order chi connectivity index (χ0) is 17.8. The maximum absolute atomic E-state index is 12.2. The number of hydrogen-bond acceptors (Lipinski definition) is 3. The van der Waals surface area contributed by atoms with E-state index < -0.39 is 5.91 Å². The van der Waals surface area contributed by atoms with Gasteiger partial charge in [-0.3, -0.25) is 9.59 Å². The summed E-state index contributed by atoms with van der Waals surface area (Å²) < 4.78 is 0. The molecule has 0 aliphatic rings. The first kappa shape index (κ1) is 16.5. The van der Waals surface area contributed by atoms with Gasteiger partial charge in [-0.05, 0) is 47.2 Å². The standard InChI is InChI=1S/C20H19N3O2/c1-23(18-11-8-14-4-2-3-5-16(14)12-18)13-19(24)22-17-9-6-15(7-10-17)20(21)25/h2-12H,13H2,1H3,(H2,21,25)(H,22,24). The lowest BCUT2D eigenvalue weighted by Gasteiger charge is -2.19. The molecule has 0 saturated carbocycles. The molecule has 0 bridgehead atoms. The predicted molar refractivity (Wildman–Crippen MR) is 101 cm³/mol. The Labute approximate surface area is 146 Å². The number of benzene rings is 3. The van der Waals surface area contributed by atoms with E-state index in [1.807, 2.05) is 42.3 Å². The maximum Gasteiger partial charge on any atom is 0.248 e. The third kappa shape index (κ3) is 3.95. The number of rotatable bonds is 5. The van der Waals surface area contributed by atoms with Gasteiger partial charge < -0.3 is 16.0 Å². The summed E-state index contributed by atoms with van der Waals surface area (Å²) in [6, 6.07) is 20.7. The van der Waals surface area contributed by atoms with E-state index in [9.17, 15) is 9.59 Å². The minimum atomic E-state index is -0.492. The molecular formula is C20H19N3O2. The highest BCUT2D eigenvalue weighted by Crippen LogP contribution is 2.21. The molecule has 0 heterocycles. The van der Waals surface area contributed by atoms with Crippen molar-refractivity contribution in [1.82, 2.24) is 0 Å². The molecule has 0 atom stereocenters. The maximum atomic E-state index is 12.2. The first-order valence-electron chi connectivity index (χ1n) is 7.92. The number of carbonyl (C=O) groups is 2. The van der Waals surface area contributed by atoms with Crippen LogP contribution in [0.1, 0.15) is 10.4 Å². The Kier molecular flexibility index (Phi) is 4.66. The molecule has 0 saturated heterocycles. The molecule has 0 spiro atoms. The number of hydrogen-bond donors (Lipinski definition) is 2. The van der Waals surface area contributed by atoms with Gasteiger partial charge in [0.15, 0.2) is 0 Å². The second-order valence-corrected chi connectivity index (χ2v) is 5.88. The SMILES string of the molecule is CN(CC(=O)Nc1ccc(C(N)=O)cc1)c1ccc2ccccc2c1. The Morgan fingerprint density at radius 1 is 0.960 bits per heavy atom. The molecule has 0 fully saturated rings. The summed E-state index contributed by atoms with van der Waals surface area (Å²) in [6.45, 7) is 0.218. The number of primary amides is 1. The highest BCUT2D eigenvalue weighted by atomic mass is 16.2. The zero-order valence-corrected chi connectivity index (χ0v) is 13.9. The monoisotopic (exact) mass is 333 g/mol. The summed E-state index contributed by atoms with van der Waals surface area (Å²) in [6.07, 6.45) is 0. The van der Waals surface area contributed by atoms with Crippen molar-refractivity contribution < 1.29 is 9.59 Å². The smallest absolute Gasteiger partial charge is 0.248 e. The fraction of sp³-hybridized carbons (Fsp3) is 0.100. The van der Waals surface area contributed by atoms with Crippen LogP contribution in [0.15, 0.2) is 66.7 Å². The van der Waals surface area contributed by atoms with E-state index in [2.05, 4.69) is 17.4 Å². The molecule has 0 radical (unpaired) electrons. The van der Waals surface area contributed by atoms with Gasteiger partial charge in [0.1, 0.15) is 0 Å².